The van der Waals surface area contributed by atoms with E-state index in [1.165, 1.54) is 0 Å². The maximum absolute atomic E-state index is 15.1. The Morgan fingerprint density at radius 3 is 2.53 bits per heavy atom. The summed E-state index contributed by atoms with van der Waals surface area (Å²) in [5.41, 5.74) is 1.56. The van der Waals surface area contributed by atoms with Gasteiger partial charge in [0.15, 0.2) is 9.92 Å². The van der Waals surface area contributed by atoms with E-state index < -0.39 is 27.5 Å². The van der Waals surface area contributed by atoms with Gasteiger partial charge in [-0.2, -0.15) is 0 Å². The SMILES string of the molecule is C=C[C@H](OC)[C@@H]1CC[C@H]1CN1CCCCc2cc(Cl)ccc2COc2ccc(S(=O)(=NC(=O)C(C)(C)OCC)NC(=O)NC3CCC(OC)CC3)cc21. The van der Waals surface area contributed by atoms with Crippen LogP contribution < -0.4 is 19.7 Å². The smallest absolute Gasteiger partial charge is 0.327 e. The molecule has 11 nitrogen and oxygen atoms in total. The highest BCUT2D eigenvalue weighted by atomic mass is 35.5. The lowest BCUT2D eigenvalue weighted by atomic mass is 9.70. The van der Waals surface area contributed by atoms with E-state index in [4.69, 9.17) is 30.5 Å². The number of ether oxygens (including phenoxy) is 4. The van der Waals surface area contributed by atoms with Crippen LogP contribution in [0.3, 0.4) is 0 Å². The van der Waals surface area contributed by atoms with Gasteiger partial charge < -0.3 is 29.2 Å². The minimum absolute atomic E-state index is 0.0523. The molecule has 3 aliphatic rings. The first-order valence-electron chi connectivity index (χ1n) is 18.9. The average Bonchev–Trinajstić information content (AvgIpc) is 3.15. The molecule has 2 fully saturated rings. The van der Waals surface area contributed by atoms with Crippen LogP contribution in [0.15, 0.2) is 58.3 Å². The standard InChI is InChI=1S/C40H57ClN4O7S/c1-7-36(50-6)34-20-13-28(34)25-45-22-10-9-11-27-23-30(41)14-12-29(27)26-51-37-21-19-33(24-35(37)45)53(48,43-38(46)40(3,4)52-8-2)44-39(47)42-31-15-17-32(49-5)18-16-31/h7,12,14,19,21,23-24,28,31-32,34,36H,1,8-11,13,15-18,20,22,25-26H2,2-6H3,(H2,42,43,44,46,47,48)/t28-,31?,32?,34+,36-,53?/m0/s1. The van der Waals surface area contributed by atoms with Crippen LogP contribution in [0.4, 0.5) is 10.5 Å². The highest BCUT2D eigenvalue weighted by Crippen LogP contribution is 2.42. The number of hydrogen-bond donors (Lipinski definition) is 2. The molecular weight excluding hydrogens is 716 g/mol. The van der Waals surface area contributed by atoms with Crippen LogP contribution in [0.25, 0.3) is 0 Å². The van der Waals surface area contributed by atoms with E-state index in [9.17, 15) is 9.59 Å². The molecule has 13 heteroatoms. The van der Waals surface area contributed by atoms with Crippen molar-refractivity contribution in [1.82, 2.24) is 10.0 Å². The number of halogens is 1. The Hall–Kier alpha value is -3.16. The van der Waals surface area contributed by atoms with Gasteiger partial charge in [0.2, 0.25) is 0 Å². The van der Waals surface area contributed by atoms with Crippen molar-refractivity contribution in [3.8, 4) is 5.75 Å². The number of fused-ring (bicyclic) bond motifs is 2. The number of aryl methyl sites for hydroxylation is 1. The van der Waals surface area contributed by atoms with Gasteiger partial charge in [-0.3, -0.25) is 4.79 Å². The molecule has 53 heavy (non-hydrogen) atoms. The summed E-state index contributed by atoms with van der Waals surface area (Å²) in [5.74, 6) is 0.505. The third-order valence-corrected chi connectivity index (χ3v) is 12.9. The summed E-state index contributed by atoms with van der Waals surface area (Å²) < 4.78 is 45.5. The van der Waals surface area contributed by atoms with Crippen molar-refractivity contribution in [3.63, 3.8) is 0 Å². The van der Waals surface area contributed by atoms with Gasteiger partial charge in [-0.25, -0.2) is 13.7 Å². The number of amides is 3. The minimum Gasteiger partial charge on any atom is -0.487 e. The number of methoxy groups -OCH3 is 2. The topological polar surface area (TPSA) is 128 Å². The Bertz CT molecular complexity index is 1720. The molecule has 292 valence electrons. The van der Waals surface area contributed by atoms with E-state index in [0.29, 0.717) is 42.3 Å². The highest BCUT2D eigenvalue weighted by molar-refractivity contribution is 7.92. The van der Waals surface area contributed by atoms with E-state index in [1.54, 1.807) is 53.2 Å². The predicted octanol–water partition coefficient (Wildman–Crippen LogP) is 7.63. The first-order chi connectivity index (χ1) is 25.4. The average molecular weight is 773 g/mol. The van der Waals surface area contributed by atoms with Crippen LogP contribution in [0.5, 0.6) is 5.75 Å². The maximum atomic E-state index is 15.1. The highest BCUT2D eigenvalue weighted by Gasteiger charge is 2.38. The summed E-state index contributed by atoms with van der Waals surface area (Å²) in [6, 6.07) is 10.3. The first kappa shape index (κ1) is 41.0. The van der Waals surface area contributed by atoms with Crippen LogP contribution in [0, 0.1) is 11.8 Å². The number of urea groups is 1. The van der Waals surface area contributed by atoms with Crippen LogP contribution in [0.1, 0.15) is 83.3 Å². The normalized spacial score (nSPS) is 23.7. The number of nitrogens with one attached hydrogen (secondary N) is 2. The van der Waals surface area contributed by atoms with Gasteiger partial charge >= 0.3 is 6.03 Å². The Balaban J connectivity index is 1.55. The second-order valence-corrected chi connectivity index (χ2v) is 17.2. The van der Waals surface area contributed by atoms with Crippen molar-refractivity contribution in [2.75, 3.05) is 38.8 Å². The quantitative estimate of drug-likeness (QED) is 0.211. The molecule has 2 N–H and O–H groups in total. The van der Waals surface area contributed by atoms with Crippen LogP contribution in [-0.4, -0.2) is 73.9 Å². The predicted molar refractivity (Wildman–Crippen MR) is 209 cm³/mol. The van der Waals surface area contributed by atoms with Crippen molar-refractivity contribution >= 4 is 39.1 Å². The number of carbonyl (C=O) groups is 2. The van der Waals surface area contributed by atoms with E-state index in [0.717, 1.165) is 74.6 Å². The van der Waals surface area contributed by atoms with E-state index in [1.807, 2.05) is 24.3 Å². The van der Waals surface area contributed by atoms with Gasteiger partial charge in [-0.05, 0) is 132 Å². The van der Waals surface area contributed by atoms with Gasteiger partial charge in [0, 0.05) is 45.0 Å². The molecule has 5 rings (SSSR count). The maximum Gasteiger partial charge on any atom is 0.327 e. The number of nitrogens with zero attached hydrogens (tertiary/aromatic N) is 2. The fraction of sp³-hybridized carbons (Fsp3) is 0.600. The molecule has 1 unspecified atom stereocenters. The summed E-state index contributed by atoms with van der Waals surface area (Å²) in [6.07, 6.45) is 9.78. The zero-order valence-electron chi connectivity index (χ0n) is 31.9. The van der Waals surface area contributed by atoms with Crippen LogP contribution >= 0.6 is 11.6 Å². The molecule has 2 saturated carbocycles. The molecule has 0 spiro atoms. The third-order valence-electron chi connectivity index (χ3n) is 10.9. The van der Waals surface area contributed by atoms with Crippen LogP contribution in [0.2, 0.25) is 5.02 Å². The first-order valence-corrected chi connectivity index (χ1v) is 20.8. The second-order valence-electron chi connectivity index (χ2n) is 14.8. The lowest BCUT2D eigenvalue weighted by Crippen LogP contribution is -2.46. The molecule has 0 bridgehead atoms. The molecule has 0 radical (unpaired) electrons. The lowest BCUT2D eigenvalue weighted by Gasteiger charge is -2.43. The summed E-state index contributed by atoms with van der Waals surface area (Å²) in [5, 5.41) is 3.66. The van der Waals surface area contributed by atoms with Crippen LogP contribution in [-0.2, 0) is 41.9 Å². The summed E-state index contributed by atoms with van der Waals surface area (Å²) in [4.78, 5) is 29.7. The van der Waals surface area contributed by atoms with Gasteiger partial charge in [-0.15, -0.1) is 10.9 Å². The molecular formula is C40H57ClN4O7S. The van der Waals surface area contributed by atoms with Crippen molar-refractivity contribution in [1.29, 1.82) is 0 Å². The molecule has 3 amide bonds. The fourth-order valence-electron chi connectivity index (χ4n) is 7.64. The molecule has 1 aliphatic heterocycles. The number of rotatable bonds is 12. The minimum atomic E-state index is -3.86. The third kappa shape index (κ3) is 10.3. The molecule has 2 aliphatic carbocycles. The Kier molecular flexibility index (Phi) is 14.3. The zero-order valence-corrected chi connectivity index (χ0v) is 33.4. The number of hydrogen-bond acceptors (Lipinski definition) is 8. The van der Waals surface area contributed by atoms with Crippen molar-refractivity contribution in [2.45, 2.75) is 114 Å². The van der Waals surface area contributed by atoms with Gasteiger partial charge in [0.25, 0.3) is 5.91 Å². The largest absolute Gasteiger partial charge is 0.487 e. The molecule has 1 heterocycles. The Labute approximate surface area is 320 Å². The number of anilines is 1. The second kappa shape index (κ2) is 18.4. The van der Waals surface area contributed by atoms with Gasteiger partial charge in [0.05, 0.1) is 22.8 Å². The number of carbonyl (C=O) groups excluding carboxylic acids is 2. The molecule has 0 saturated heterocycles. The summed E-state index contributed by atoms with van der Waals surface area (Å²) in [6.45, 7) is 10.9. The van der Waals surface area contributed by atoms with Crippen molar-refractivity contribution < 1.29 is 32.7 Å². The summed E-state index contributed by atoms with van der Waals surface area (Å²) >= 11 is 6.39. The fourth-order valence-corrected chi connectivity index (χ4v) is 9.39. The van der Waals surface area contributed by atoms with Gasteiger partial charge in [-0.1, -0.05) is 23.7 Å². The van der Waals surface area contributed by atoms with E-state index in [-0.39, 0.29) is 29.8 Å². The molecule has 2 aromatic carbocycles. The molecule has 0 aromatic heterocycles. The van der Waals surface area contributed by atoms with Crippen molar-refractivity contribution in [3.05, 3.63) is 65.2 Å². The zero-order chi connectivity index (χ0) is 38.2. The van der Waals surface area contributed by atoms with Crippen molar-refractivity contribution in [2.24, 2.45) is 16.2 Å². The Morgan fingerprint density at radius 2 is 1.87 bits per heavy atom. The Morgan fingerprint density at radius 1 is 1.09 bits per heavy atom. The van der Waals surface area contributed by atoms with E-state index in [2.05, 4.69) is 25.9 Å². The number of benzene rings is 2. The monoisotopic (exact) mass is 772 g/mol. The van der Waals surface area contributed by atoms with E-state index >= 15 is 4.21 Å². The molecule has 2 aromatic rings. The molecule has 4 atom stereocenters. The van der Waals surface area contributed by atoms with Gasteiger partial charge in [0.1, 0.15) is 18.0 Å². The lowest BCUT2D eigenvalue weighted by molar-refractivity contribution is -0.138. The summed E-state index contributed by atoms with van der Waals surface area (Å²) in [7, 11) is -0.450.